The smallest absolute Gasteiger partial charge is 0.123 e. The lowest BCUT2D eigenvalue weighted by Gasteiger charge is -2.15. The number of aliphatic hydroxyl groups is 1. The Bertz CT molecular complexity index is 241. The molecule has 0 radical (unpaired) electrons. The largest absolute Gasteiger partial charge is 0.468 e. The molecular weight excluding hydrogens is 154 g/mol. The number of furan rings is 1. The van der Waals surface area contributed by atoms with Gasteiger partial charge < -0.3 is 15.3 Å². The molecule has 1 heterocycles. The van der Waals surface area contributed by atoms with Crippen LogP contribution in [-0.2, 0) is 0 Å². The van der Waals surface area contributed by atoms with Gasteiger partial charge in [0, 0.05) is 0 Å². The predicted octanol–water partition coefficient (Wildman–Crippen LogP) is 1.05. The lowest BCUT2D eigenvalue weighted by atomic mass is 10.1. The Labute approximate surface area is 71.2 Å². The van der Waals surface area contributed by atoms with E-state index in [9.17, 15) is 5.11 Å². The van der Waals surface area contributed by atoms with E-state index in [1.54, 1.807) is 18.4 Å². The summed E-state index contributed by atoms with van der Waals surface area (Å²) in [6.45, 7) is 0. The minimum absolute atomic E-state index is 0.354. The molecule has 1 aliphatic carbocycles. The fraction of sp³-hybridized carbons (Fsp3) is 0.556. The minimum Gasteiger partial charge on any atom is -0.468 e. The van der Waals surface area contributed by atoms with Crippen molar-refractivity contribution in [3.8, 4) is 0 Å². The summed E-state index contributed by atoms with van der Waals surface area (Å²) in [5.74, 6) is 1.07. The van der Waals surface area contributed by atoms with Crippen LogP contribution in [0.1, 0.15) is 24.6 Å². The van der Waals surface area contributed by atoms with Crippen molar-refractivity contribution in [1.29, 1.82) is 0 Å². The van der Waals surface area contributed by atoms with Gasteiger partial charge in [-0.05, 0) is 30.9 Å². The zero-order valence-electron chi connectivity index (χ0n) is 6.81. The Hall–Kier alpha value is -0.800. The number of aliphatic hydroxyl groups excluding tert-OH is 1. The zero-order chi connectivity index (χ0) is 8.55. The molecule has 0 spiro atoms. The molecule has 1 fully saturated rings. The normalized spacial score (nSPS) is 22.2. The summed E-state index contributed by atoms with van der Waals surface area (Å²) < 4.78 is 5.11. The van der Waals surface area contributed by atoms with Crippen LogP contribution in [-0.4, -0.2) is 11.2 Å². The van der Waals surface area contributed by atoms with Crippen molar-refractivity contribution in [3.63, 3.8) is 0 Å². The molecular formula is C9H13NO2. The maximum Gasteiger partial charge on any atom is 0.123 e. The molecule has 1 aromatic heterocycles. The Morgan fingerprint density at radius 3 is 2.83 bits per heavy atom. The van der Waals surface area contributed by atoms with Gasteiger partial charge in [-0.15, -0.1) is 0 Å². The van der Waals surface area contributed by atoms with Crippen molar-refractivity contribution >= 4 is 0 Å². The molecule has 3 heteroatoms. The molecule has 1 aromatic rings. The van der Waals surface area contributed by atoms with E-state index < -0.39 is 6.10 Å². The summed E-state index contributed by atoms with van der Waals surface area (Å²) in [5, 5.41) is 9.64. The predicted molar refractivity (Wildman–Crippen MR) is 44.4 cm³/mol. The second kappa shape index (κ2) is 2.92. The van der Waals surface area contributed by atoms with Crippen LogP contribution < -0.4 is 5.73 Å². The van der Waals surface area contributed by atoms with Gasteiger partial charge in [0.25, 0.3) is 0 Å². The van der Waals surface area contributed by atoms with E-state index in [1.165, 1.54) is 0 Å². The maximum absolute atomic E-state index is 9.64. The van der Waals surface area contributed by atoms with Crippen molar-refractivity contribution in [2.45, 2.75) is 25.0 Å². The topological polar surface area (TPSA) is 59.4 Å². The average Bonchev–Trinajstić information content (AvgIpc) is 2.79. The summed E-state index contributed by atoms with van der Waals surface area (Å²) in [6.07, 6.45) is 3.33. The van der Waals surface area contributed by atoms with Gasteiger partial charge in [-0.25, -0.2) is 0 Å². The molecule has 0 aromatic carbocycles. The third kappa shape index (κ3) is 1.38. The molecule has 1 saturated carbocycles. The Morgan fingerprint density at radius 1 is 1.58 bits per heavy atom. The third-order valence-corrected chi connectivity index (χ3v) is 2.34. The monoisotopic (exact) mass is 167 g/mol. The highest BCUT2D eigenvalue weighted by atomic mass is 16.3. The van der Waals surface area contributed by atoms with E-state index in [2.05, 4.69) is 0 Å². The lowest BCUT2D eigenvalue weighted by molar-refractivity contribution is 0.113. The van der Waals surface area contributed by atoms with Gasteiger partial charge in [0.2, 0.25) is 0 Å². The van der Waals surface area contributed by atoms with E-state index in [0.29, 0.717) is 11.7 Å². The first-order valence-corrected chi connectivity index (χ1v) is 4.26. The number of hydrogen-bond donors (Lipinski definition) is 2. The second-order valence-electron chi connectivity index (χ2n) is 3.37. The fourth-order valence-corrected chi connectivity index (χ4v) is 1.38. The molecule has 3 N–H and O–H groups in total. The molecule has 1 aliphatic rings. The molecule has 12 heavy (non-hydrogen) atoms. The lowest BCUT2D eigenvalue weighted by Crippen LogP contribution is -2.27. The quantitative estimate of drug-likeness (QED) is 0.707. The summed E-state index contributed by atoms with van der Waals surface area (Å²) in [6, 6.07) is 3.23. The molecule has 3 nitrogen and oxygen atoms in total. The summed E-state index contributed by atoms with van der Waals surface area (Å²) in [4.78, 5) is 0. The van der Waals surface area contributed by atoms with Gasteiger partial charge in [-0.3, -0.25) is 0 Å². The molecule has 0 aliphatic heterocycles. The molecule has 0 amide bonds. The minimum atomic E-state index is -0.434. The Morgan fingerprint density at radius 2 is 2.33 bits per heavy atom. The highest BCUT2D eigenvalue weighted by molar-refractivity contribution is 5.07. The van der Waals surface area contributed by atoms with Crippen LogP contribution >= 0.6 is 0 Å². The van der Waals surface area contributed by atoms with Crippen LogP contribution in [0, 0.1) is 5.92 Å². The van der Waals surface area contributed by atoms with Gasteiger partial charge in [-0.1, -0.05) is 0 Å². The van der Waals surface area contributed by atoms with Gasteiger partial charge in [-0.2, -0.15) is 0 Å². The second-order valence-corrected chi connectivity index (χ2v) is 3.37. The van der Waals surface area contributed by atoms with E-state index in [-0.39, 0.29) is 6.04 Å². The van der Waals surface area contributed by atoms with Crippen LogP contribution in [0.5, 0.6) is 0 Å². The van der Waals surface area contributed by atoms with E-state index >= 15 is 0 Å². The van der Waals surface area contributed by atoms with Crippen LogP contribution in [0.2, 0.25) is 0 Å². The Kier molecular flexibility index (Phi) is 1.90. The van der Waals surface area contributed by atoms with Gasteiger partial charge in [0.15, 0.2) is 0 Å². The number of hydrogen-bond acceptors (Lipinski definition) is 3. The van der Waals surface area contributed by atoms with E-state index in [4.69, 9.17) is 10.2 Å². The summed E-state index contributed by atoms with van der Waals surface area (Å²) in [7, 11) is 0. The van der Waals surface area contributed by atoms with Crippen molar-refractivity contribution in [2.75, 3.05) is 0 Å². The first kappa shape index (κ1) is 7.83. The van der Waals surface area contributed by atoms with Crippen molar-refractivity contribution in [3.05, 3.63) is 24.2 Å². The van der Waals surface area contributed by atoms with Gasteiger partial charge in [0.1, 0.15) is 5.76 Å². The average molecular weight is 167 g/mol. The molecule has 66 valence electrons. The number of nitrogens with two attached hydrogens (primary N) is 1. The zero-order valence-corrected chi connectivity index (χ0v) is 6.81. The molecule has 0 bridgehead atoms. The highest BCUT2D eigenvalue weighted by Gasteiger charge is 2.35. The van der Waals surface area contributed by atoms with Crippen LogP contribution in [0.4, 0.5) is 0 Å². The van der Waals surface area contributed by atoms with Crippen molar-refractivity contribution in [2.24, 2.45) is 11.7 Å². The van der Waals surface area contributed by atoms with Gasteiger partial charge >= 0.3 is 0 Å². The summed E-state index contributed by atoms with van der Waals surface area (Å²) >= 11 is 0. The van der Waals surface area contributed by atoms with Crippen molar-refractivity contribution in [1.82, 2.24) is 0 Å². The standard InChI is InChI=1S/C9H13NO2/c10-8(7-2-1-5-12-7)9(11)6-3-4-6/h1-2,5-6,8-9,11H,3-4,10H2. The molecule has 2 unspecified atom stereocenters. The van der Waals surface area contributed by atoms with Gasteiger partial charge in [0.05, 0.1) is 18.4 Å². The van der Waals surface area contributed by atoms with Crippen molar-refractivity contribution < 1.29 is 9.52 Å². The fourth-order valence-electron chi connectivity index (χ4n) is 1.38. The third-order valence-electron chi connectivity index (χ3n) is 2.34. The van der Waals surface area contributed by atoms with E-state index in [1.807, 2.05) is 0 Å². The number of rotatable bonds is 3. The van der Waals surface area contributed by atoms with E-state index in [0.717, 1.165) is 12.8 Å². The summed E-state index contributed by atoms with van der Waals surface area (Å²) in [5.41, 5.74) is 5.78. The molecule has 2 rings (SSSR count). The van der Waals surface area contributed by atoms with Crippen LogP contribution in [0.15, 0.2) is 22.8 Å². The molecule has 0 saturated heterocycles. The van der Waals surface area contributed by atoms with Crippen LogP contribution in [0.25, 0.3) is 0 Å². The molecule has 2 atom stereocenters. The maximum atomic E-state index is 9.64. The van der Waals surface area contributed by atoms with Crippen LogP contribution in [0.3, 0.4) is 0 Å². The Balaban J connectivity index is 2.03. The first-order valence-electron chi connectivity index (χ1n) is 4.26. The SMILES string of the molecule is NC(c1ccco1)C(O)C1CC1. The first-order chi connectivity index (χ1) is 5.79. The highest BCUT2D eigenvalue weighted by Crippen LogP contribution is 2.37.